The lowest BCUT2D eigenvalue weighted by molar-refractivity contribution is -0.136. The van der Waals surface area contributed by atoms with Crippen LogP contribution in [0.2, 0.25) is 5.02 Å². The van der Waals surface area contributed by atoms with E-state index in [-0.39, 0.29) is 36.0 Å². The third-order valence-electron chi connectivity index (χ3n) is 6.03. The number of carbonyl (C=O) groups excluding carboxylic acids is 2. The van der Waals surface area contributed by atoms with Gasteiger partial charge in [-0.05, 0) is 36.4 Å². The Kier molecular flexibility index (Phi) is 5.02. The third kappa shape index (κ3) is 3.61. The number of rotatable bonds is 3. The van der Waals surface area contributed by atoms with E-state index in [4.69, 9.17) is 11.6 Å². The van der Waals surface area contributed by atoms with Crippen LogP contribution in [-0.2, 0) is 9.59 Å². The first-order valence-electron chi connectivity index (χ1n) is 10.2. The topological polar surface area (TPSA) is 72.5 Å². The van der Waals surface area contributed by atoms with E-state index in [9.17, 15) is 14.0 Å². The predicted octanol–water partition coefficient (Wildman–Crippen LogP) is 3.06. The summed E-state index contributed by atoms with van der Waals surface area (Å²) in [5.41, 5.74) is 1.60. The first-order chi connectivity index (χ1) is 15.0. The van der Waals surface area contributed by atoms with Gasteiger partial charge in [0.2, 0.25) is 11.8 Å². The largest absolute Gasteiger partial charge is 0.368 e. The average molecular weight is 442 g/mol. The predicted molar refractivity (Wildman–Crippen MR) is 117 cm³/mol. The number of anilines is 2. The number of aromatic amines is 1. The van der Waals surface area contributed by atoms with Gasteiger partial charge in [-0.1, -0.05) is 17.7 Å². The Morgan fingerprint density at radius 3 is 2.58 bits per heavy atom. The molecule has 9 heteroatoms. The summed E-state index contributed by atoms with van der Waals surface area (Å²) in [6, 6.07) is 12.3. The van der Waals surface area contributed by atoms with Crippen molar-refractivity contribution in [2.75, 3.05) is 42.5 Å². The van der Waals surface area contributed by atoms with Crippen molar-refractivity contribution in [2.24, 2.45) is 5.92 Å². The minimum absolute atomic E-state index is 0.0353. The van der Waals surface area contributed by atoms with Gasteiger partial charge in [-0.3, -0.25) is 19.6 Å². The van der Waals surface area contributed by atoms with Crippen molar-refractivity contribution >= 4 is 45.8 Å². The molecule has 1 N–H and O–H groups in total. The second-order valence-electron chi connectivity index (χ2n) is 7.90. The fourth-order valence-electron chi connectivity index (χ4n) is 4.38. The molecule has 2 saturated heterocycles. The molecule has 1 aromatic heterocycles. The molecule has 2 aliphatic heterocycles. The number of hydrogen-bond acceptors (Lipinski definition) is 4. The highest BCUT2D eigenvalue weighted by Crippen LogP contribution is 2.32. The highest BCUT2D eigenvalue weighted by Gasteiger charge is 2.39. The van der Waals surface area contributed by atoms with E-state index in [1.807, 2.05) is 29.2 Å². The van der Waals surface area contributed by atoms with Crippen LogP contribution in [0.1, 0.15) is 6.42 Å². The van der Waals surface area contributed by atoms with Crippen LogP contribution in [0.15, 0.2) is 42.5 Å². The molecule has 0 radical (unpaired) electrons. The van der Waals surface area contributed by atoms with Crippen LogP contribution >= 0.6 is 11.6 Å². The fraction of sp³-hybridized carbons (Fsp3) is 0.318. The Morgan fingerprint density at radius 2 is 1.84 bits per heavy atom. The molecule has 5 rings (SSSR count). The van der Waals surface area contributed by atoms with Crippen LogP contribution in [0.3, 0.4) is 0 Å². The molecule has 7 nitrogen and oxygen atoms in total. The van der Waals surface area contributed by atoms with Crippen molar-refractivity contribution in [1.29, 1.82) is 0 Å². The van der Waals surface area contributed by atoms with Crippen molar-refractivity contribution in [3.8, 4) is 0 Å². The number of aromatic nitrogens is 2. The van der Waals surface area contributed by atoms with Gasteiger partial charge in [0, 0.05) is 49.9 Å². The van der Waals surface area contributed by atoms with Crippen molar-refractivity contribution in [3.63, 3.8) is 0 Å². The molecular formula is C22H21ClFN5O2. The summed E-state index contributed by atoms with van der Waals surface area (Å²) in [7, 11) is 0. The third-order valence-corrected chi connectivity index (χ3v) is 6.28. The Bertz CT molecular complexity index is 1140. The molecule has 0 unspecified atom stereocenters. The molecule has 0 saturated carbocycles. The zero-order valence-electron chi connectivity index (χ0n) is 16.7. The molecule has 2 aliphatic rings. The molecule has 2 aromatic carbocycles. The average Bonchev–Trinajstić information content (AvgIpc) is 3.38. The molecule has 2 fully saturated rings. The number of hydrogen-bond donors (Lipinski definition) is 1. The Labute approximate surface area is 183 Å². The molecule has 3 heterocycles. The summed E-state index contributed by atoms with van der Waals surface area (Å²) in [6.07, 6.45) is 0.110. The number of nitrogens with one attached hydrogen (secondary N) is 1. The van der Waals surface area contributed by atoms with Gasteiger partial charge in [0.25, 0.3) is 0 Å². The summed E-state index contributed by atoms with van der Waals surface area (Å²) in [4.78, 5) is 31.2. The number of piperazine rings is 1. The maximum absolute atomic E-state index is 14.3. The molecular weight excluding hydrogens is 421 g/mol. The number of carbonyl (C=O) groups is 2. The number of H-pyrrole nitrogens is 1. The van der Waals surface area contributed by atoms with E-state index in [0.29, 0.717) is 36.7 Å². The first kappa shape index (κ1) is 19.8. The maximum Gasteiger partial charge on any atom is 0.229 e. The zero-order chi connectivity index (χ0) is 21.5. The minimum atomic E-state index is -0.451. The molecule has 31 heavy (non-hydrogen) atoms. The SMILES string of the molecule is O=C([C@H]1CC(=O)N(c2n[nH]c3cccc(F)c23)C1)N1CCN(c2ccc(Cl)cc2)CC1. The number of halogens is 2. The van der Waals surface area contributed by atoms with Gasteiger partial charge in [-0.2, -0.15) is 5.10 Å². The molecule has 1 atom stereocenters. The van der Waals surface area contributed by atoms with Gasteiger partial charge in [-0.15, -0.1) is 0 Å². The smallest absolute Gasteiger partial charge is 0.229 e. The lowest BCUT2D eigenvalue weighted by atomic mass is 10.1. The maximum atomic E-state index is 14.3. The van der Waals surface area contributed by atoms with Crippen LogP contribution in [0.25, 0.3) is 10.9 Å². The van der Waals surface area contributed by atoms with Crippen molar-refractivity contribution in [2.45, 2.75) is 6.42 Å². The highest BCUT2D eigenvalue weighted by molar-refractivity contribution is 6.30. The highest BCUT2D eigenvalue weighted by atomic mass is 35.5. The number of benzene rings is 2. The Hall–Kier alpha value is -3.13. The van der Waals surface area contributed by atoms with E-state index in [0.717, 1.165) is 5.69 Å². The lowest BCUT2D eigenvalue weighted by Gasteiger charge is -2.37. The zero-order valence-corrected chi connectivity index (χ0v) is 17.5. The summed E-state index contributed by atoms with van der Waals surface area (Å²) in [5, 5.41) is 7.88. The summed E-state index contributed by atoms with van der Waals surface area (Å²) < 4.78 is 14.3. The molecule has 0 bridgehead atoms. The van der Waals surface area contributed by atoms with Crippen molar-refractivity contribution in [3.05, 3.63) is 53.3 Å². The van der Waals surface area contributed by atoms with Gasteiger partial charge in [-0.25, -0.2) is 4.39 Å². The molecule has 2 amide bonds. The first-order valence-corrected chi connectivity index (χ1v) is 10.6. The number of fused-ring (bicyclic) bond motifs is 1. The standard InChI is InChI=1S/C22H21ClFN5O2/c23-15-4-6-16(7-5-15)27-8-10-28(11-9-27)22(31)14-12-19(30)29(13-14)21-20-17(24)2-1-3-18(20)25-26-21/h1-7,14H,8-13H2,(H,25,26)/t14-/m0/s1. The van der Waals surface area contributed by atoms with Crippen LogP contribution in [0.4, 0.5) is 15.9 Å². The van der Waals surface area contributed by atoms with Gasteiger partial charge in [0.1, 0.15) is 5.82 Å². The summed E-state index contributed by atoms with van der Waals surface area (Å²) in [6.45, 7) is 2.82. The van der Waals surface area contributed by atoms with E-state index < -0.39 is 11.7 Å². The van der Waals surface area contributed by atoms with E-state index in [2.05, 4.69) is 15.1 Å². The second kappa shape index (κ2) is 7.85. The van der Waals surface area contributed by atoms with E-state index in [1.54, 1.807) is 12.1 Å². The van der Waals surface area contributed by atoms with Gasteiger partial charge in [0.05, 0.1) is 16.8 Å². The van der Waals surface area contributed by atoms with Gasteiger partial charge < -0.3 is 9.80 Å². The van der Waals surface area contributed by atoms with E-state index >= 15 is 0 Å². The Morgan fingerprint density at radius 1 is 1.10 bits per heavy atom. The van der Waals surface area contributed by atoms with Crippen LogP contribution in [0, 0.1) is 11.7 Å². The monoisotopic (exact) mass is 441 g/mol. The molecule has 3 aromatic rings. The second-order valence-corrected chi connectivity index (χ2v) is 8.34. The normalized spacial score (nSPS) is 19.5. The van der Waals surface area contributed by atoms with Gasteiger partial charge in [0.15, 0.2) is 5.82 Å². The van der Waals surface area contributed by atoms with Crippen molar-refractivity contribution < 1.29 is 14.0 Å². The minimum Gasteiger partial charge on any atom is -0.368 e. The molecule has 160 valence electrons. The Balaban J connectivity index is 1.26. The van der Waals surface area contributed by atoms with Crippen LogP contribution < -0.4 is 9.80 Å². The lowest BCUT2D eigenvalue weighted by Crippen LogP contribution is -2.50. The van der Waals surface area contributed by atoms with Gasteiger partial charge >= 0.3 is 0 Å². The quantitative estimate of drug-likeness (QED) is 0.678. The number of amides is 2. The van der Waals surface area contributed by atoms with E-state index in [1.165, 1.54) is 11.0 Å². The summed E-state index contributed by atoms with van der Waals surface area (Å²) in [5.74, 6) is -0.891. The number of nitrogens with zero attached hydrogens (tertiary/aromatic N) is 4. The molecule has 0 aliphatic carbocycles. The summed E-state index contributed by atoms with van der Waals surface area (Å²) >= 11 is 5.96. The fourth-order valence-corrected chi connectivity index (χ4v) is 4.51. The van der Waals surface area contributed by atoms with Crippen LogP contribution in [0.5, 0.6) is 0 Å². The van der Waals surface area contributed by atoms with Crippen LogP contribution in [-0.4, -0.2) is 59.6 Å². The molecule has 0 spiro atoms. The van der Waals surface area contributed by atoms with Crippen molar-refractivity contribution in [1.82, 2.24) is 15.1 Å².